The number of hydrogen-bond donors (Lipinski definition) is 1. The Morgan fingerprint density at radius 1 is 1.46 bits per heavy atom. The highest BCUT2D eigenvalue weighted by molar-refractivity contribution is 5.84. The quantitative estimate of drug-likeness (QED) is 0.522. The van der Waals surface area contributed by atoms with Gasteiger partial charge in [-0.15, -0.1) is 0 Å². The fourth-order valence-electron chi connectivity index (χ4n) is 1.84. The fourth-order valence-corrected chi connectivity index (χ4v) is 1.84. The van der Waals surface area contributed by atoms with Gasteiger partial charge in [0.05, 0.1) is 5.84 Å². The van der Waals surface area contributed by atoms with Crippen LogP contribution in [-0.4, -0.2) is 12.4 Å². The first-order valence-corrected chi connectivity index (χ1v) is 5.44. The van der Waals surface area contributed by atoms with E-state index in [0.717, 1.165) is 18.3 Å². The van der Waals surface area contributed by atoms with E-state index in [1.54, 1.807) is 0 Å². The first-order valence-electron chi connectivity index (χ1n) is 5.44. The molecule has 0 aromatic carbocycles. The number of amidine groups is 1. The molecule has 2 fully saturated rings. The van der Waals surface area contributed by atoms with E-state index in [1.807, 2.05) is 0 Å². The van der Waals surface area contributed by atoms with Crippen molar-refractivity contribution in [2.24, 2.45) is 28.0 Å². The first-order chi connectivity index (χ1) is 6.14. The summed E-state index contributed by atoms with van der Waals surface area (Å²) in [5.41, 5.74) is 6.39. The summed E-state index contributed by atoms with van der Waals surface area (Å²) in [5, 5.41) is 0. The van der Waals surface area contributed by atoms with Gasteiger partial charge in [-0.1, -0.05) is 13.8 Å². The maximum absolute atomic E-state index is 5.86. The van der Waals surface area contributed by atoms with Crippen LogP contribution in [0.15, 0.2) is 4.99 Å². The Morgan fingerprint density at radius 2 is 2.08 bits per heavy atom. The predicted octanol–water partition coefficient (Wildman–Crippen LogP) is 2.19. The maximum Gasteiger partial charge on any atom is 0.0968 e. The van der Waals surface area contributed by atoms with Crippen LogP contribution in [0.1, 0.15) is 39.5 Å². The molecular weight excluding hydrogens is 160 g/mol. The largest absolute Gasteiger partial charge is 0.387 e. The standard InChI is InChI=1S/C11H20N2/c1-8(2)11(5-6-11)7-13-10(12)9-3-4-9/h8-9H,3-7H2,1-2H3,(H2,12,13). The van der Waals surface area contributed by atoms with Crippen molar-refractivity contribution in [3.8, 4) is 0 Å². The lowest BCUT2D eigenvalue weighted by Crippen LogP contribution is -2.19. The molecule has 74 valence electrons. The zero-order valence-electron chi connectivity index (χ0n) is 8.71. The van der Waals surface area contributed by atoms with Crippen LogP contribution in [0.4, 0.5) is 0 Å². The molecule has 2 aliphatic rings. The van der Waals surface area contributed by atoms with Crippen molar-refractivity contribution >= 4 is 5.84 Å². The molecule has 0 atom stereocenters. The van der Waals surface area contributed by atoms with E-state index in [2.05, 4.69) is 18.8 Å². The predicted molar refractivity (Wildman–Crippen MR) is 55.7 cm³/mol. The summed E-state index contributed by atoms with van der Waals surface area (Å²) in [6, 6.07) is 0. The van der Waals surface area contributed by atoms with E-state index in [4.69, 9.17) is 5.73 Å². The molecule has 0 radical (unpaired) electrons. The summed E-state index contributed by atoms with van der Waals surface area (Å²) in [7, 11) is 0. The molecule has 2 heteroatoms. The van der Waals surface area contributed by atoms with Gasteiger partial charge in [0.2, 0.25) is 0 Å². The molecule has 0 unspecified atom stereocenters. The van der Waals surface area contributed by atoms with Crippen LogP contribution in [0.25, 0.3) is 0 Å². The molecule has 2 saturated carbocycles. The van der Waals surface area contributed by atoms with Gasteiger partial charge < -0.3 is 5.73 Å². The van der Waals surface area contributed by atoms with Crippen LogP contribution < -0.4 is 5.73 Å². The van der Waals surface area contributed by atoms with Crippen LogP contribution >= 0.6 is 0 Å². The lowest BCUT2D eigenvalue weighted by molar-refractivity contribution is 0.371. The zero-order valence-corrected chi connectivity index (χ0v) is 8.71. The number of nitrogens with two attached hydrogens (primary N) is 1. The second kappa shape index (κ2) is 3.00. The van der Waals surface area contributed by atoms with Crippen molar-refractivity contribution in [1.29, 1.82) is 0 Å². The average molecular weight is 180 g/mol. The Kier molecular flexibility index (Phi) is 2.09. The molecule has 2 aliphatic carbocycles. The SMILES string of the molecule is CC(C)C1(CN=C(N)C2CC2)CC1. The van der Waals surface area contributed by atoms with E-state index in [1.165, 1.54) is 25.7 Å². The molecule has 0 amide bonds. The monoisotopic (exact) mass is 180 g/mol. The fraction of sp³-hybridized carbons (Fsp3) is 0.909. The van der Waals surface area contributed by atoms with Gasteiger partial charge >= 0.3 is 0 Å². The second-order valence-corrected chi connectivity index (χ2v) is 5.03. The molecule has 2 nitrogen and oxygen atoms in total. The molecule has 0 aliphatic heterocycles. The van der Waals surface area contributed by atoms with Gasteiger partial charge in [-0.2, -0.15) is 0 Å². The van der Waals surface area contributed by atoms with E-state index in [-0.39, 0.29) is 0 Å². The summed E-state index contributed by atoms with van der Waals surface area (Å²) in [6.45, 7) is 5.58. The van der Waals surface area contributed by atoms with E-state index < -0.39 is 0 Å². The zero-order chi connectivity index (χ0) is 9.47. The molecule has 2 rings (SSSR count). The Labute approximate surface area is 80.6 Å². The van der Waals surface area contributed by atoms with Gasteiger partial charge in [0.1, 0.15) is 0 Å². The molecule has 0 heterocycles. The highest BCUT2D eigenvalue weighted by atomic mass is 14.9. The van der Waals surface area contributed by atoms with Crippen LogP contribution in [-0.2, 0) is 0 Å². The van der Waals surface area contributed by atoms with Crippen molar-refractivity contribution in [2.75, 3.05) is 6.54 Å². The average Bonchev–Trinajstić information content (AvgIpc) is 2.94. The molecular formula is C11H20N2. The maximum atomic E-state index is 5.86. The van der Waals surface area contributed by atoms with E-state index in [9.17, 15) is 0 Å². The number of hydrogen-bond acceptors (Lipinski definition) is 1. The molecule has 0 aromatic rings. The Morgan fingerprint density at radius 3 is 2.46 bits per heavy atom. The van der Waals surface area contributed by atoms with Gasteiger partial charge in [-0.05, 0) is 37.0 Å². The summed E-state index contributed by atoms with van der Waals surface area (Å²) < 4.78 is 0. The molecule has 2 N–H and O–H groups in total. The second-order valence-electron chi connectivity index (χ2n) is 5.03. The molecule has 13 heavy (non-hydrogen) atoms. The summed E-state index contributed by atoms with van der Waals surface area (Å²) >= 11 is 0. The van der Waals surface area contributed by atoms with Crippen molar-refractivity contribution < 1.29 is 0 Å². The Hall–Kier alpha value is -0.530. The first kappa shape index (κ1) is 9.04. The summed E-state index contributed by atoms with van der Waals surface area (Å²) in [6.07, 6.45) is 5.24. The van der Waals surface area contributed by atoms with Crippen molar-refractivity contribution in [3.05, 3.63) is 0 Å². The van der Waals surface area contributed by atoms with Gasteiger partial charge in [0, 0.05) is 12.5 Å². The molecule has 0 spiro atoms. The van der Waals surface area contributed by atoms with Crippen LogP contribution in [0.2, 0.25) is 0 Å². The van der Waals surface area contributed by atoms with E-state index >= 15 is 0 Å². The third-order valence-electron chi connectivity index (χ3n) is 3.69. The van der Waals surface area contributed by atoms with Crippen LogP contribution in [0, 0.1) is 17.3 Å². The minimum atomic E-state index is 0.527. The summed E-state index contributed by atoms with van der Waals surface area (Å²) in [5.74, 6) is 2.33. The minimum Gasteiger partial charge on any atom is -0.387 e. The third kappa shape index (κ3) is 1.87. The summed E-state index contributed by atoms with van der Waals surface area (Å²) in [4.78, 5) is 4.54. The molecule has 0 saturated heterocycles. The lowest BCUT2D eigenvalue weighted by atomic mass is 9.93. The lowest BCUT2D eigenvalue weighted by Gasteiger charge is -2.16. The topological polar surface area (TPSA) is 38.4 Å². The number of rotatable bonds is 4. The highest BCUT2D eigenvalue weighted by Gasteiger charge is 2.45. The van der Waals surface area contributed by atoms with Crippen molar-refractivity contribution in [1.82, 2.24) is 0 Å². The molecule has 0 aromatic heterocycles. The highest BCUT2D eigenvalue weighted by Crippen LogP contribution is 2.52. The Balaban J connectivity index is 1.87. The molecule has 0 bridgehead atoms. The minimum absolute atomic E-state index is 0.527. The van der Waals surface area contributed by atoms with Crippen molar-refractivity contribution in [3.63, 3.8) is 0 Å². The van der Waals surface area contributed by atoms with Gasteiger partial charge in [0.25, 0.3) is 0 Å². The van der Waals surface area contributed by atoms with Crippen LogP contribution in [0.5, 0.6) is 0 Å². The van der Waals surface area contributed by atoms with Gasteiger partial charge in [0.15, 0.2) is 0 Å². The van der Waals surface area contributed by atoms with Crippen molar-refractivity contribution in [2.45, 2.75) is 39.5 Å². The van der Waals surface area contributed by atoms with Gasteiger partial charge in [-0.25, -0.2) is 0 Å². The number of nitrogens with zero attached hydrogens (tertiary/aromatic N) is 1. The smallest absolute Gasteiger partial charge is 0.0968 e. The van der Waals surface area contributed by atoms with E-state index in [0.29, 0.717) is 11.3 Å². The van der Waals surface area contributed by atoms with Crippen LogP contribution in [0.3, 0.4) is 0 Å². The number of aliphatic imine (C=N–C) groups is 1. The van der Waals surface area contributed by atoms with Gasteiger partial charge in [-0.3, -0.25) is 4.99 Å². The normalized spacial score (nSPS) is 26.5. The Bertz CT molecular complexity index is 222. The third-order valence-corrected chi connectivity index (χ3v) is 3.69.